The van der Waals surface area contributed by atoms with Crippen molar-refractivity contribution in [2.24, 2.45) is 11.1 Å². The van der Waals surface area contributed by atoms with Gasteiger partial charge >= 0.3 is 0 Å². The maximum atomic E-state index is 12.1. The van der Waals surface area contributed by atoms with Crippen LogP contribution in [0.15, 0.2) is 24.3 Å². The number of benzene rings is 1. The first-order valence-corrected chi connectivity index (χ1v) is 7.35. The van der Waals surface area contributed by atoms with Gasteiger partial charge in [0.15, 0.2) is 0 Å². The van der Waals surface area contributed by atoms with Crippen molar-refractivity contribution < 1.29 is 4.79 Å². The van der Waals surface area contributed by atoms with Gasteiger partial charge in [0.2, 0.25) is 0 Å². The SMILES string of the molecule is CC(C)c1ccc(CC(=O)CC2(CN)CCC2)cc1. The minimum atomic E-state index is 0.134. The zero-order valence-corrected chi connectivity index (χ0v) is 12.1. The first kappa shape index (κ1) is 14.3. The third-order valence-electron chi connectivity index (χ3n) is 4.47. The summed E-state index contributed by atoms with van der Waals surface area (Å²) >= 11 is 0. The predicted molar refractivity (Wildman–Crippen MR) is 79.2 cm³/mol. The normalized spacial score (nSPS) is 17.3. The Bertz CT molecular complexity index is 424. The molecule has 0 bridgehead atoms. The van der Waals surface area contributed by atoms with Crippen molar-refractivity contribution in [1.29, 1.82) is 0 Å². The molecule has 1 aliphatic rings. The summed E-state index contributed by atoms with van der Waals surface area (Å²) in [5, 5.41) is 0. The second kappa shape index (κ2) is 5.87. The van der Waals surface area contributed by atoms with E-state index in [1.807, 2.05) is 0 Å². The van der Waals surface area contributed by atoms with Crippen LogP contribution in [0.1, 0.15) is 56.6 Å². The van der Waals surface area contributed by atoms with Gasteiger partial charge in [-0.15, -0.1) is 0 Å². The van der Waals surface area contributed by atoms with Crippen LogP contribution in [0.5, 0.6) is 0 Å². The van der Waals surface area contributed by atoms with E-state index in [1.54, 1.807) is 0 Å². The van der Waals surface area contributed by atoms with Crippen molar-refractivity contribution >= 4 is 5.78 Å². The van der Waals surface area contributed by atoms with E-state index < -0.39 is 0 Å². The second-order valence-corrected chi connectivity index (χ2v) is 6.35. The third kappa shape index (κ3) is 3.44. The minimum absolute atomic E-state index is 0.134. The van der Waals surface area contributed by atoms with Crippen molar-refractivity contribution in [3.63, 3.8) is 0 Å². The molecule has 2 heteroatoms. The molecule has 104 valence electrons. The minimum Gasteiger partial charge on any atom is -0.330 e. The van der Waals surface area contributed by atoms with Crippen LogP contribution in [0.2, 0.25) is 0 Å². The van der Waals surface area contributed by atoms with Gasteiger partial charge in [-0.1, -0.05) is 44.5 Å². The molecule has 1 aromatic carbocycles. The Kier molecular flexibility index (Phi) is 4.41. The molecule has 2 N–H and O–H groups in total. The number of Topliss-reactive ketones (excluding diaryl/α,β-unsaturated/α-hetero) is 1. The fraction of sp³-hybridized carbons (Fsp3) is 0.588. The Balaban J connectivity index is 1.91. The maximum absolute atomic E-state index is 12.1. The summed E-state index contributed by atoms with van der Waals surface area (Å²) in [5.41, 5.74) is 8.40. The highest BCUT2D eigenvalue weighted by atomic mass is 16.1. The van der Waals surface area contributed by atoms with Gasteiger partial charge in [0, 0.05) is 12.8 Å². The van der Waals surface area contributed by atoms with Crippen LogP contribution in [0, 0.1) is 5.41 Å². The van der Waals surface area contributed by atoms with Crippen molar-refractivity contribution in [3.05, 3.63) is 35.4 Å². The van der Waals surface area contributed by atoms with Crippen molar-refractivity contribution in [2.45, 2.75) is 51.9 Å². The number of ketones is 1. The summed E-state index contributed by atoms with van der Waals surface area (Å²) in [6.45, 7) is 5.02. The van der Waals surface area contributed by atoms with Crippen molar-refractivity contribution in [3.8, 4) is 0 Å². The molecule has 2 rings (SSSR count). The molecule has 0 aliphatic heterocycles. The lowest BCUT2D eigenvalue weighted by Gasteiger charge is -2.40. The van der Waals surface area contributed by atoms with E-state index >= 15 is 0 Å². The Labute approximate surface area is 116 Å². The summed E-state index contributed by atoms with van der Waals surface area (Å²) in [6, 6.07) is 8.44. The quantitative estimate of drug-likeness (QED) is 0.850. The van der Waals surface area contributed by atoms with Crippen LogP contribution >= 0.6 is 0 Å². The van der Waals surface area contributed by atoms with E-state index in [4.69, 9.17) is 5.73 Å². The molecule has 2 nitrogen and oxygen atoms in total. The molecule has 1 aliphatic carbocycles. The average Bonchev–Trinajstić information content (AvgIpc) is 2.34. The molecule has 1 saturated carbocycles. The van der Waals surface area contributed by atoms with E-state index in [-0.39, 0.29) is 5.41 Å². The van der Waals surface area contributed by atoms with Crippen molar-refractivity contribution in [1.82, 2.24) is 0 Å². The highest BCUT2D eigenvalue weighted by Gasteiger charge is 2.37. The monoisotopic (exact) mass is 259 g/mol. The van der Waals surface area contributed by atoms with Gasteiger partial charge < -0.3 is 5.73 Å². The molecule has 0 saturated heterocycles. The molecule has 1 aromatic rings. The predicted octanol–water partition coefficient (Wildman–Crippen LogP) is 3.44. The van der Waals surface area contributed by atoms with Crippen LogP contribution in [0.3, 0.4) is 0 Å². The zero-order chi connectivity index (χ0) is 13.9. The van der Waals surface area contributed by atoms with E-state index in [9.17, 15) is 4.79 Å². The van der Waals surface area contributed by atoms with Gasteiger partial charge in [-0.25, -0.2) is 0 Å². The van der Waals surface area contributed by atoms with Crippen LogP contribution in [-0.4, -0.2) is 12.3 Å². The first-order valence-electron chi connectivity index (χ1n) is 7.35. The lowest BCUT2D eigenvalue weighted by atomic mass is 9.65. The Morgan fingerprint density at radius 1 is 1.26 bits per heavy atom. The summed E-state index contributed by atoms with van der Waals surface area (Å²) in [4.78, 5) is 12.1. The molecule has 0 aromatic heterocycles. The summed E-state index contributed by atoms with van der Waals surface area (Å²) in [5.74, 6) is 0.877. The average molecular weight is 259 g/mol. The Morgan fingerprint density at radius 2 is 1.89 bits per heavy atom. The fourth-order valence-corrected chi connectivity index (χ4v) is 2.86. The van der Waals surface area contributed by atoms with Gasteiger partial charge in [0.05, 0.1) is 0 Å². The van der Waals surface area contributed by atoms with Crippen LogP contribution < -0.4 is 5.73 Å². The summed E-state index contributed by atoms with van der Waals surface area (Å²) in [6.07, 6.45) is 4.70. The van der Waals surface area contributed by atoms with E-state index in [0.29, 0.717) is 31.1 Å². The molecule has 1 fully saturated rings. The fourth-order valence-electron chi connectivity index (χ4n) is 2.86. The van der Waals surface area contributed by atoms with Gasteiger partial charge in [0.25, 0.3) is 0 Å². The smallest absolute Gasteiger partial charge is 0.137 e. The molecule has 0 radical (unpaired) electrons. The molecular formula is C17H25NO. The van der Waals surface area contributed by atoms with Gasteiger partial charge in [-0.3, -0.25) is 4.79 Å². The Hall–Kier alpha value is -1.15. The highest BCUT2D eigenvalue weighted by molar-refractivity contribution is 5.81. The van der Waals surface area contributed by atoms with Crippen LogP contribution in [-0.2, 0) is 11.2 Å². The lowest BCUT2D eigenvalue weighted by Crippen LogP contribution is -2.39. The van der Waals surface area contributed by atoms with E-state index in [0.717, 1.165) is 18.4 Å². The molecule has 0 amide bonds. The molecule has 0 unspecified atom stereocenters. The third-order valence-corrected chi connectivity index (χ3v) is 4.47. The first-order chi connectivity index (χ1) is 9.04. The molecule has 19 heavy (non-hydrogen) atoms. The second-order valence-electron chi connectivity index (χ2n) is 6.35. The van der Waals surface area contributed by atoms with Crippen molar-refractivity contribution in [2.75, 3.05) is 6.54 Å². The molecule has 0 atom stereocenters. The molecule has 0 heterocycles. The molecule has 0 spiro atoms. The lowest BCUT2D eigenvalue weighted by molar-refractivity contribution is -0.122. The summed E-state index contributed by atoms with van der Waals surface area (Å²) < 4.78 is 0. The van der Waals surface area contributed by atoms with Crippen LogP contribution in [0.25, 0.3) is 0 Å². The van der Waals surface area contributed by atoms with Crippen LogP contribution in [0.4, 0.5) is 0 Å². The van der Waals surface area contributed by atoms with Gasteiger partial charge in [-0.05, 0) is 41.8 Å². The standard InChI is InChI=1S/C17H25NO/c1-13(2)15-6-4-14(5-7-15)10-16(19)11-17(12-18)8-3-9-17/h4-7,13H,3,8-12,18H2,1-2H3. The van der Waals surface area contributed by atoms with E-state index in [1.165, 1.54) is 12.0 Å². The van der Waals surface area contributed by atoms with Gasteiger partial charge in [0.1, 0.15) is 5.78 Å². The van der Waals surface area contributed by atoms with Gasteiger partial charge in [-0.2, -0.15) is 0 Å². The van der Waals surface area contributed by atoms with E-state index in [2.05, 4.69) is 38.1 Å². The summed E-state index contributed by atoms with van der Waals surface area (Å²) in [7, 11) is 0. The Morgan fingerprint density at radius 3 is 2.32 bits per heavy atom. The number of hydrogen-bond donors (Lipinski definition) is 1. The number of nitrogens with two attached hydrogens (primary N) is 1. The number of carbonyl (C=O) groups excluding carboxylic acids is 1. The number of carbonyl (C=O) groups is 1. The number of rotatable bonds is 6. The molecular weight excluding hydrogens is 234 g/mol. The largest absolute Gasteiger partial charge is 0.330 e. The topological polar surface area (TPSA) is 43.1 Å². The highest BCUT2D eigenvalue weighted by Crippen LogP contribution is 2.43. The zero-order valence-electron chi connectivity index (χ0n) is 12.1. The maximum Gasteiger partial charge on any atom is 0.137 e. The number of hydrogen-bond acceptors (Lipinski definition) is 2.